The molecule has 156 valence electrons. The van der Waals surface area contributed by atoms with Crippen molar-refractivity contribution in [1.29, 1.82) is 0 Å². The summed E-state index contributed by atoms with van der Waals surface area (Å²) in [5.41, 5.74) is 2.15. The molecule has 1 aliphatic rings. The van der Waals surface area contributed by atoms with Gasteiger partial charge in [-0.3, -0.25) is 4.79 Å². The van der Waals surface area contributed by atoms with E-state index in [2.05, 4.69) is 22.0 Å². The van der Waals surface area contributed by atoms with Gasteiger partial charge in [-0.2, -0.15) is 0 Å². The van der Waals surface area contributed by atoms with Crippen molar-refractivity contribution >= 4 is 23.2 Å². The van der Waals surface area contributed by atoms with Gasteiger partial charge in [-0.05, 0) is 42.5 Å². The van der Waals surface area contributed by atoms with Crippen molar-refractivity contribution in [3.63, 3.8) is 0 Å². The van der Waals surface area contributed by atoms with E-state index >= 15 is 0 Å². The maximum absolute atomic E-state index is 12.5. The van der Waals surface area contributed by atoms with Crippen LogP contribution in [0.15, 0.2) is 59.1 Å². The zero-order valence-electron chi connectivity index (χ0n) is 16.9. The predicted molar refractivity (Wildman–Crippen MR) is 117 cm³/mol. The molecule has 0 aliphatic carbocycles. The van der Waals surface area contributed by atoms with E-state index < -0.39 is 0 Å². The van der Waals surface area contributed by atoms with Crippen molar-refractivity contribution in [2.45, 2.75) is 13.3 Å². The van der Waals surface area contributed by atoms with E-state index in [-0.39, 0.29) is 5.91 Å². The lowest BCUT2D eigenvalue weighted by Gasteiger charge is -2.36. The van der Waals surface area contributed by atoms with Gasteiger partial charge in [-0.1, -0.05) is 17.7 Å². The van der Waals surface area contributed by atoms with Gasteiger partial charge in [0, 0.05) is 49.4 Å². The summed E-state index contributed by atoms with van der Waals surface area (Å²) in [6.07, 6.45) is 2.10. The minimum atomic E-state index is 0.118. The van der Waals surface area contributed by atoms with Gasteiger partial charge >= 0.3 is 0 Å². The number of piperazine rings is 1. The molecule has 0 N–H and O–H groups in total. The van der Waals surface area contributed by atoms with Crippen LogP contribution in [0.1, 0.15) is 12.3 Å². The van der Waals surface area contributed by atoms with Crippen LogP contribution in [-0.4, -0.2) is 48.6 Å². The average Bonchev–Trinajstić information content (AvgIpc) is 3.20. The van der Waals surface area contributed by atoms with Crippen LogP contribution < -0.4 is 9.64 Å². The first-order valence-corrected chi connectivity index (χ1v) is 10.4. The van der Waals surface area contributed by atoms with Crippen LogP contribution in [-0.2, 0) is 4.79 Å². The SMILES string of the molecule is Cc1ncc(-c2ccc(N3CCN(C(=O)CCOc4cccc(Cl)c4)CC3)cc2)o1. The Balaban J connectivity index is 1.24. The molecule has 2 heterocycles. The third-order valence-electron chi connectivity index (χ3n) is 5.15. The molecule has 30 heavy (non-hydrogen) atoms. The van der Waals surface area contributed by atoms with E-state index in [0.717, 1.165) is 30.1 Å². The van der Waals surface area contributed by atoms with Gasteiger partial charge in [-0.25, -0.2) is 4.98 Å². The van der Waals surface area contributed by atoms with Crippen LogP contribution >= 0.6 is 11.6 Å². The van der Waals surface area contributed by atoms with Gasteiger partial charge in [-0.15, -0.1) is 0 Å². The van der Waals surface area contributed by atoms with Gasteiger partial charge in [0.25, 0.3) is 0 Å². The predicted octanol–water partition coefficient (Wildman–Crippen LogP) is 4.42. The first kappa shape index (κ1) is 20.3. The fraction of sp³-hybridized carbons (Fsp3) is 0.304. The number of carbonyl (C=O) groups is 1. The lowest BCUT2D eigenvalue weighted by atomic mass is 10.1. The number of ether oxygens (including phenoxy) is 1. The molecule has 1 aliphatic heterocycles. The molecule has 4 rings (SSSR count). The summed E-state index contributed by atoms with van der Waals surface area (Å²) in [4.78, 5) is 20.8. The Morgan fingerprint density at radius 2 is 1.90 bits per heavy atom. The van der Waals surface area contributed by atoms with Crippen LogP contribution in [0.2, 0.25) is 5.02 Å². The first-order valence-electron chi connectivity index (χ1n) is 10.0. The molecule has 0 radical (unpaired) electrons. The second-order valence-corrected chi connectivity index (χ2v) is 7.65. The highest BCUT2D eigenvalue weighted by Gasteiger charge is 2.21. The van der Waals surface area contributed by atoms with E-state index in [1.807, 2.05) is 36.1 Å². The van der Waals surface area contributed by atoms with Crippen LogP contribution in [0.4, 0.5) is 5.69 Å². The number of nitrogens with zero attached hydrogens (tertiary/aromatic N) is 3. The summed E-state index contributed by atoms with van der Waals surface area (Å²) in [6.45, 7) is 5.21. The Morgan fingerprint density at radius 1 is 1.13 bits per heavy atom. The standard InChI is InChI=1S/C23H24ClN3O3/c1-17-25-16-22(30-17)18-5-7-20(8-6-18)26-10-12-27(13-11-26)23(28)9-14-29-21-4-2-3-19(24)15-21/h2-8,15-16H,9-14H2,1H3. The van der Waals surface area contributed by atoms with Crippen LogP contribution in [0.25, 0.3) is 11.3 Å². The van der Waals surface area contributed by atoms with Crippen molar-refractivity contribution in [3.05, 3.63) is 65.6 Å². The molecule has 6 nitrogen and oxygen atoms in total. The number of benzene rings is 2. The summed E-state index contributed by atoms with van der Waals surface area (Å²) < 4.78 is 11.2. The molecule has 3 aromatic rings. The third kappa shape index (κ3) is 4.94. The average molecular weight is 426 g/mol. The van der Waals surface area contributed by atoms with Gasteiger partial charge in [0.1, 0.15) is 5.75 Å². The fourth-order valence-electron chi connectivity index (χ4n) is 3.52. The van der Waals surface area contributed by atoms with Crippen LogP contribution in [0, 0.1) is 6.92 Å². The minimum absolute atomic E-state index is 0.118. The zero-order chi connectivity index (χ0) is 20.9. The molecule has 1 aromatic heterocycles. The number of aryl methyl sites for hydroxylation is 1. The van der Waals surface area contributed by atoms with E-state index in [1.165, 1.54) is 0 Å². The molecule has 2 aromatic carbocycles. The monoisotopic (exact) mass is 425 g/mol. The highest BCUT2D eigenvalue weighted by atomic mass is 35.5. The maximum atomic E-state index is 12.5. The number of hydrogen-bond donors (Lipinski definition) is 0. The van der Waals surface area contributed by atoms with E-state index in [0.29, 0.717) is 42.8 Å². The fourth-order valence-corrected chi connectivity index (χ4v) is 3.70. The van der Waals surface area contributed by atoms with Crippen molar-refractivity contribution < 1.29 is 13.9 Å². The Morgan fingerprint density at radius 3 is 2.57 bits per heavy atom. The second kappa shape index (κ2) is 9.22. The Hall–Kier alpha value is -2.99. The number of amides is 1. The highest BCUT2D eigenvalue weighted by Crippen LogP contribution is 2.24. The highest BCUT2D eigenvalue weighted by molar-refractivity contribution is 6.30. The summed E-state index contributed by atoms with van der Waals surface area (Å²) >= 11 is 5.95. The molecule has 0 unspecified atom stereocenters. The van der Waals surface area contributed by atoms with Gasteiger partial charge in [0.2, 0.25) is 5.91 Å². The Kier molecular flexibility index (Phi) is 6.23. The molecule has 1 amide bonds. The Bertz CT molecular complexity index is 995. The van der Waals surface area contributed by atoms with E-state index in [4.69, 9.17) is 20.8 Å². The van der Waals surface area contributed by atoms with Crippen LogP contribution in [0.3, 0.4) is 0 Å². The van der Waals surface area contributed by atoms with E-state index in [9.17, 15) is 4.79 Å². The second-order valence-electron chi connectivity index (χ2n) is 7.21. The van der Waals surface area contributed by atoms with Crippen molar-refractivity contribution in [1.82, 2.24) is 9.88 Å². The topological polar surface area (TPSA) is 58.8 Å². The number of hydrogen-bond acceptors (Lipinski definition) is 5. The molecule has 7 heteroatoms. The first-order chi connectivity index (χ1) is 14.6. The van der Waals surface area contributed by atoms with Gasteiger partial charge < -0.3 is 19.0 Å². The normalized spacial score (nSPS) is 14.1. The lowest BCUT2D eigenvalue weighted by Crippen LogP contribution is -2.49. The number of rotatable bonds is 6. The summed E-state index contributed by atoms with van der Waals surface area (Å²) in [7, 11) is 0. The molecule has 0 atom stereocenters. The lowest BCUT2D eigenvalue weighted by molar-refractivity contribution is -0.132. The zero-order valence-corrected chi connectivity index (χ0v) is 17.6. The Labute approximate surface area is 181 Å². The van der Waals surface area contributed by atoms with Crippen molar-refractivity contribution in [2.75, 3.05) is 37.7 Å². The van der Waals surface area contributed by atoms with E-state index in [1.54, 1.807) is 18.3 Å². The third-order valence-corrected chi connectivity index (χ3v) is 5.39. The largest absolute Gasteiger partial charge is 0.493 e. The number of carbonyl (C=O) groups excluding carboxylic acids is 1. The minimum Gasteiger partial charge on any atom is -0.493 e. The smallest absolute Gasteiger partial charge is 0.226 e. The number of halogens is 1. The van der Waals surface area contributed by atoms with Crippen LogP contribution in [0.5, 0.6) is 5.75 Å². The molecule has 0 spiro atoms. The number of oxazole rings is 1. The van der Waals surface area contributed by atoms with Crippen molar-refractivity contribution in [2.24, 2.45) is 0 Å². The molecule has 0 saturated carbocycles. The molecule has 1 fully saturated rings. The summed E-state index contributed by atoms with van der Waals surface area (Å²) in [5.74, 6) is 2.24. The molecular formula is C23H24ClN3O3. The number of anilines is 1. The molecule has 1 saturated heterocycles. The number of aromatic nitrogens is 1. The van der Waals surface area contributed by atoms with Gasteiger partial charge in [0.05, 0.1) is 19.2 Å². The molecular weight excluding hydrogens is 402 g/mol. The van der Waals surface area contributed by atoms with Crippen molar-refractivity contribution in [3.8, 4) is 17.1 Å². The summed E-state index contributed by atoms with van der Waals surface area (Å²) in [5, 5.41) is 0.624. The summed E-state index contributed by atoms with van der Waals surface area (Å²) in [6, 6.07) is 15.5. The maximum Gasteiger partial charge on any atom is 0.226 e. The van der Waals surface area contributed by atoms with Gasteiger partial charge in [0.15, 0.2) is 11.7 Å². The quantitative estimate of drug-likeness (QED) is 0.585. The molecule has 0 bridgehead atoms.